The first kappa shape index (κ1) is 17.2. The Morgan fingerprint density at radius 2 is 2.05 bits per heavy atom. The molecule has 0 spiro atoms. The van der Waals surface area contributed by atoms with Crippen LogP contribution in [0.3, 0.4) is 0 Å². The molecule has 7 nitrogen and oxygen atoms in total. The van der Waals surface area contributed by atoms with Crippen molar-refractivity contribution in [1.82, 2.24) is 9.29 Å². The van der Waals surface area contributed by atoms with Gasteiger partial charge in [0, 0.05) is 31.6 Å². The maximum absolute atomic E-state index is 12.4. The number of piperazine rings is 1. The lowest BCUT2D eigenvalue weighted by Gasteiger charge is -2.34. The minimum atomic E-state index is -3.45. The third-order valence-electron chi connectivity index (χ3n) is 3.57. The van der Waals surface area contributed by atoms with Crippen molar-refractivity contribution >= 4 is 32.5 Å². The average Bonchev–Trinajstić information content (AvgIpc) is 2.92. The van der Waals surface area contributed by atoms with Crippen LogP contribution in [-0.2, 0) is 19.6 Å². The zero-order valence-electron chi connectivity index (χ0n) is 13.0. The van der Waals surface area contributed by atoms with Gasteiger partial charge in [-0.05, 0) is 6.92 Å². The molecule has 0 radical (unpaired) electrons. The number of esters is 1. The summed E-state index contributed by atoms with van der Waals surface area (Å²) in [6.45, 7) is 5.55. The summed E-state index contributed by atoms with van der Waals surface area (Å²) in [6.07, 6.45) is 0. The molecular formula is C13H21N3O4S2. The maximum atomic E-state index is 12.4. The fraction of sp³-hybridized carbons (Fsp3) is 0.692. The van der Waals surface area contributed by atoms with Gasteiger partial charge in [-0.3, -0.25) is 4.79 Å². The first-order chi connectivity index (χ1) is 10.3. The molecule has 124 valence electrons. The fourth-order valence-electron chi connectivity index (χ4n) is 2.33. The van der Waals surface area contributed by atoms with E-state index in [4.69, 9.17) is 0 Å². The summed E-state index contributed by atoms with van der Waals surface area (Å²) < 4.78 is 30.7. The molecule has 1 aliphatic heterocycles. The van der Waals surface area contributed by atoms with Crippen LogP contribution in [0.15, 0.2) is 5.38 Å². The highest BCUT2D eigenvalue weighted by atomic mass is 32.2. The van der Waals surface area contributed by atoms with Crippen molar-refractivity contribution in [3.05, 3.63) is 11.1 Å². The standard InChI is InChI=1S/C13H21N3O4S2/c1-10(12(17)20-3)9-22(18,19)16-6-4-15(5-7-16)13-14-11(2)8-21-13/h8,10H,4-7,9H2,1-3H3/t10-/m0/s1. The predicted molar refractivity (Wildman–Crippen MR) is 85.6 cm³/mol. The van der Waals surface area contributed by atoms with Gasteiger partial charge in [-0.2, -0.15) is 4.31 Å². The van der Waals surface area contributed by atoms with Crippen molar-refractivity contribution in [2.75, 3.05) is 43.9 Å². The molecule has 0 aliphatic carbocycles. The van der Waals surface area contributed by atoms with Gasteiger partial charge >= 0.3 is 5.97 Å². The van der Waals surface area contributed by atoms with Crippen LogP contribution < -0.4 is 4.90 Å². The van der Waals surface area contributed by atoms with Gasteiger partial charge in [0.1, 0.15) is 0 Å². The molecule has 2 heterocycles. The quantitative estimate of drug-likeness (QED) is 0.730. The number of nitrogens with zero attached hydrogens (tertiary/aromatic N) is 3. The Morgan fingerprint density at radius 1 is 1.41 bits per heavy atom. The number of sulfonamides is 1. The van der Waals surface area contributed by atoms with E-state index in [-0.39, 0.29) is 5.75 Å². The SMILES string of the molecule is COC(=O)[C@@H](C)CS(=O)(=O)N1CCN(c2nc(C)cs2)CC1. The molecule has 1 aliphatic rings. The number of aromatic nitrogens is 1. The zero-order chi connectivity index (χ0) is 16.3. The van der Waals surface area contributed by atoms with Gasteiger partial charge in [0.05, 0.1) is 24.5 Å². The Morgan fingerprint density at radius 3 is 2.55 bits per heavy atom. The van der Waals surface area contributed by atoms with Crippen molar-refractivity contribution in [2.24, 2.45) is 5.92 Å². The number of hydrogen-bond acceptors (Lipinski definition) is 7. The van der Waals surface area contributed by atoms with Gasteiger partial charge in [0.2, 0.25) is 10.0 Å². The monoisotopic (exact) mass is 347 g/mol. The summed E-state index contributed by atoms with van der Waals surface area (Å²) in [4.78, 5) is 17.9. The summed E-state index contributed by atoms with van der Waals surface area (Å²) >= 11 is 1.57. The molecule has 1 aromatic heterocycles. The summed E-state index contributed by atoms with van der Waals surface area (Å²) in [5.41, 5.74) is 0.974. The first-order valence-electron chi connectivity index (χ1n) is 7.06. The Labute approximate surface area is 134 Å². The number of carbonyl (C=O) groups excluding carboxylic acids is 1. The van der Waals surface area contributed by atoms with Crippen LogP contribution >= 0.6 is 11.3 Å². The number of anilines is 1. The first-order valence-corrected chi connectivity index (χ1v) is 9.55. The largest absolute Gasteiger partial charge is 0.469 e. The third kappa shape index (κ3) is 3.96. The van der Waals surface area contributed by atoms with Crippen LogP contribution in [0.5, 0.6) is 0 Å². The lowest BCUT2D eigenvalue weighted by molar-refractivity contribution is -0.144. The van der Waals surface area contributed by atoms with E-state index >= 15 is 0 Å². The number of ether oxygens (including phenoxy) is 1. The molecule has 9 heteroatoms. The van der Waals surface area contributed by atoms with Crippen LogP contribution in [0, 0.1) is 12.8 Å². The molecule has 0 aromatic carbocycles. The van der Waals surface area contributed by atoms with E-state index < -0.39 is 21.9 Å². The fourth-order valence-corrected chi connectivity index (χ4v) is 4.89. The highest BCUT2D eigenvalue weighted by Crippen LogP contribution is 2.22. The Bertz CT molecular complexity index is 621. The molecule has 1 fully saturated rings. The smallest absolute Gasteiger partial charge is 0.309 e. The van der Waals surface area contributed by atoms with Gasteiger partial charge < -0.3 is 9.64 Å². The number of thiazole rings is 1. The molecule has 1 atom stereocenters. The molecule has 22 heavy (non-hydrogen) atoms. The minimum absolute atomic E-state index is 0.212. The predicted octanol–water partition coefficient (Wildman–Crippen LogP) is 0.712. The zero-order valence-corrected chi connectivity index (χ0v) is 14.6. The summed E-state index contributed by atoms with van der Waals surface area (Å²) in [5.74, 6) is -1.37. The van der Waals surface area contributed by atoms with Crippen LogP contribution in [0.1, 0.15) is 12.6 Å². The lowest BCUT2D eigenvalue weighted by atomic mass is 10.2. The minimum Gasteiger partial charge on any atom is -0.469 e. The number of hydrogen-bond donors (Lipinski definition) is 0. The van der Waals surface area contributed by atoms with Gasteiger partial charge in [0.25, 0.3) is 0 Å². The Hall–Kier alpha value is -1.19. The van der Waals surface area contributed by atoms with Crippen LogP contribution in [0.25, 0.3) is 0 Å². The van der Waals surface area contributed by atoms with Crippen molar-refractivity contribution in [3.63, 3.8) is 0 Å². The number of methoxy groups -OCH3 is 1. The summed E-state index contributed by atoms with van der Waals surface area (Å²) in [6, 6.07) is 0. The van der Waals surface area contributed by atoms with Crippen LogP contribution in [0.4, 0.5) is 5.13 Å². The highest BCUT2D eigenvalue weighted by molar-refractivity contribution is 7.89. The molecule has 0 amide bonds. The molecule has 0 saturated carbocycles. The normalized spacial score (nSPS) is 18.2. The highest BCUT2D eigenvalue weighted by Gasteiger charge is 2.31. The molecule has 0 bridgehead atoms. The summed E-state index contributed by atoms with van der Waals surface area (Å²) in [7, 11) is -2.19. The number of carbonyl (C=O) groups is 1. The van der Waals surface area contributed by atoms with Gasteiger partial charge in [0.15, 0.2) is 5.13 Å². The molecule has 2 rings (SSSR count). The van der Waals surface area contributed by atoms with Crippen molar-refractivity contribution < 1.29 is 17.9 Å². The molecular weight excluding hydrogens is 326 g/mol. The van der Waals surface area contributed by atoms with E-state index in [2.05, 4.69) is 14.6 Å². The second-order valence-corrected chi connectivity index (χ2v) is 8.21. The van der Waals surface area contributed by atoms with E-state index in [1.54, 1.807) is 18.3 Å². The third-order valence-corrected chi connectivity index (χ3v) is 6.67. The second kappa shape index (κ2) is 6.93. The topological polar surface area (TPSA) is 79.8 Å². The van der Waals surface area contributed by atoms with Crippen molar-refractivity contribution in [1.29, 1.82) is 0 Å². The second-order valence-electron chi connectivity index (χ2n) is 5.36. The van der Waals surface area contributed by atoms with E-state index in [9.17, 15) is 13.2 Å². The van der Waals surface area contributed by atoms with E-state index in [0.29, 0.717) is 26.2 Å². The summed E-state index contributed by atoms with van der Waals surface area (Å²) in [5, 5.41) is 2.91. The maximum Gasteiger partial charge on any atom is 0.309 e. The van der Waals surface area contributed by atoms with E-state index in [1.807, 2.05) is 12.3 Å². The molecule has 1 aromatic rings. The van der Waals surface area contributed by atoms with Gasteiger partial charge in [-0.1, -0.05) is 6.92 Å². The van der Waals surface area contributed by atoms with Crippen molar-refractivity contribution in [2.45, 2.75) is 13.8 Å². The Balaban J connectivity index is 1.94. The molecule has 0 unspecified atom stereocenters. The Kier molecular flexibility index (Phi) is 5.41. The molecule has 1 saturated heterocycles. The van der Waals surface area contributed by atoms with Gasteiger partial charge in [-0.25, -0.2) is 13.4 Å². The van der Waals surface area contributed by atoms with E-state index in [0.717, 1.165) is 10.8 Å². The van der Waals surface area contributed by atoms with E-state index in [1.165, 1.54) is 11.4 Å². The van der Waals surface area contributed by atoms with Crippen molar-refractivity contribution in [3.8, 4) is 0 Å². The van der Waals surface area contributed by atoms with Crippen LogP contribution in [0.2, 0.25) is 0 Å². The number of aryl methyl sites for hydroxylation is 1. The lowest BCUT2D eigenvalue weighted by Crippen LogP contribution is -2.50. The molecule has 0 N–H and O–H groups in total. The van der Waals surface area contributed by atoms with Gasteiger partial charge in [-0.15, -0.1) is 11.3 Å². The number of rotatable bonds is 5. The average molecular weight is 347 g/mol. The van der Waals surface area contributed by atoms with Crippen LogP contribution in [-0.4, -0.2) is 62.7 Å².